The lowest BCUT2D eigenvalue weighted by molar-refractivity contribution is -0.146. The van der Waals surface area contributed by atoms with Gasteiger partial charge in [-0.1, -0.05) is 19.9 Å². The standard InChI is InChI=1S/C25H26FNO4/c1-13(2)23-22(16-4-7-21(26)14(3)8-16)19-6-5-18(28)11-20(19)24(27-23)31-12-15-9-17(10-15)25(29)30/h4-8,11,13,15,17,28H,9-10,12H2,1-3H3,(H,29,30). The van der Waals surface area contributed by atoms with E-state index in [0.29, 0.717) is 36.3 Å². The van der Waals surface area contributed by atoms with E-state index in [1.165, 1.54) is 6.07 Å². The minimum Gasteiger partial charge on any atom is -0.508 e. The molecule has 0 radical (unpaired) electrons. The van der Waals surface area contributed by atoms with Crippen molar-refractivity contribution in [2.75, 3.05) is 6.61 Å². The van der Waals surface area contributed by atoms with Crippen LogP contribution in [0.15, 0.2) is 36.4 Å². The number of aliphatic carboxylic acids is 1. The molecule has 0 bridgehead atoms. The first-order valence-electron chi connectivity index (χ1n) is 10.5. The van der Waals surface area contributed by atoms with E-state index >= 15 is 0 Å². The molecular formula is C25H26FNO4. The highest BCUT2D eigenvalue weighted by atomic mass is 19.1. The van der Waals surface area contributed by atoms with Crippen molar-refractivity contribution in [3.63, 3.8) is 0 Å². The van der Waals surface area contributed by atoms with Gasteiger partial charge in [-0.05, 0) is 78.4 Å². The number of carboxylic acid groups (broad SMARTS) is 1. The van der Waals surface area contributed by atoms with E-state index in [9.17, 15) is 14.3 Å². The lowest BCUT2D eigenvalue weighted by Gasteiger charge is -2.32. The predicted molar refractivity (Wildman–Crippen MR) is 117 cm³/mol. The van der Waals surface area contributed by atoms with Crippen molar-refractivity contribution in [3.05, 3.63) is 53.5 Å². The van der Waals surface area contributed by atoms with E-state index in [1.54, 1.807) is 25.1 Å². The van der Waals surface area contributed by atoms with Crippen molar-refractivity contribution in [1.82, 2.24) is 4.98 Å². The largest absolute Gasteiger partial charge is 0.508 e. The smallest absolute Gasteiger partial charge is 0.306 e. The fourth-order valence-electron chi connectivity index (χ4n) is 4.19. The summed E-state index contributed by atoms with van der Waals surface area (Å²) in [5, 5.41) is 20.7. The molecule has 1 aliphatic rings. The van der Waals surface area contributed by atoms with Gasteiger partial charge in [-0.3, -0.25) is 4.79 Å². The first-order chi connectivity index (χ1) is 14.7. The Balaban J connectivity index is 1.78. The Hall–Kier alpha value is -3.15. The third-order valence-electron chi connectivity index (χ3n) is 6.02. The number of carbonyl (C=O) groups is 1. The van der Waals surface area contributed by atoms with Crippen molar-refractivity contribution in [2.45, 2.75) is 39.5 Å². The number of phenolic OH excluding ortho intramolecular Hbond substituents is 1. The monoisotopic (exact) mass is 423 g/mol. The molecule has 6 heteroatoms. The van der Waals surface area contributed by atoms with Gasteiger partial charge in [-0.15, -0.1) is 0 Å². The van der Waals surface area contributed by atoms with Crippen molar-refractivity contribution in [2.24, 2.45) is 11.8 Å². The molecule has 3 aromatic rings. The van der Waals surface area contributed by atoms with Gasteiger partial charge < -0.3 is 14.9 Å². The molecule has 0 atom stereocenters. The number of aromatic hydroxyl groups is 1. The van der Waals surface area contributed by atoms with Gasteiger partial charge >= 0.3 is 5.97 Å². The van der Waals surface area contributed by atoms with E-state index in [-0.39, 0.29) is 29.3 Å². The summed E-state index contributed by atoms with van der Waals surface area (Å²) in [6.07, 6.45) is 1.20. The number of fused-ring (bicyclic) bond motifs is 1. The van der Waals surface area contributed by atoms with E-state index in [2.05, 4.69) is 0 Å². The molecule has 5 nitrogen and oxygen atoms in total. The quantitative estimate of drug-likeness (QED) is 0.534. The summed E-state index contributed by atoms with van der Waals surface area (Å²) in [7, 11) is 0. The summed E-state index contributed by atoms with van der Waals surface area (Å²) in [4.78, 5) is 15.9. The van der Waals surface area contributed by atoms with Crippen molar-refractivity contribution in [1.29, 1.82) is 0 Å². The maximum atomic E-state index is 13.9. The molecule has 1 aromatic heterocycles. The van der Waals surface area contributed by atoms with Crippen LogP contribution in [0, 0.1) is 24.6 Å². The second kappa shape index (κ2) is 8.17. The van der Waals surface area contributed by atoms with Gasteiger partial charge in [0.15, 0.2) is 0 Å². The fourth-order valence-corrected chi connectivity index (χ4v) is 4.19. The lowest BCUT2D eigenvalue weighted by atomic mass is 9.75. The average Bonchev–Trinajstić information content (AvgIpc) is 2.68. The first-order valence-corrected chi connectivity index (χ1v) is 10.5. The summed E-state index contributed by atoms with van der Waals surface area (Å²) in [5.74, 6) is -0.519. The molecule has 0 spiro atoms. The van der Waals surface area contributed by atoms with Crippen LogP contribution in [0.5, 0.6) is 11.6 Å². The highest BCUT2D eigenvalue weighted by Gasteiger charge is 2.35. The number of benzene rings is 2. The summed E-state index contributed by atoms with van der Waals surface area (Å²) >= 11 is 0. The van der Waals surface area contributed by atoms with Gasteiger partial charge in [0.25, 0.3) is 0 Å². The van der Waals surface area contributed by atoms with Crippen molar-refractivity contribution >= 4 is 16.7 Å². The SMILES string of the molecule is Cc1cc(-c2c(C(C)C)nc(OCC3CC(C(=O)O)C3)c3cc(O)ccc23)ccc1F. The van der Waals surface area contributed by atoms with Crippen LogP contribution >= 0.6 is 0 Å². The van der Waals surface area contributed by atoms with Gasteiger partial charge in [0.1, 0.15) is 11.6 Å². The van der Waals surface area contributed by atoms with Crippen LogP contribution in [0.4, 0.5) is 4.39 Å². The average molecular weight is 423 g/mol. The molecular weight excluding hydrogens is 397 g/mol. The number of aromatic nitrogens is 1. The minimum atomic E-state index is -0.759. The zero-order valence-corrected chi connectivity index (χ0v) is 17.9. The second-order valence-corrected chi connectivity index (χ2v) is 8.71. The van der Waals surface area contributed by atoms with Crippen LogP contribution in [0.25, 0.3) is 21.9 Å². The number of pyridine rings is 1. The topological polar surface area (TPSA) is 79.7 Å². The number of rotatable bonds is 6. The molecule has 1 saturated carbocycles. The third kappa shape index (κ3) is 4.07. The molecule has 2 N–H and O–H groups in total. The van der Waals surface area contributed by atoms with E-state index in [4.69, 9.17) is 14.8 Å². The fraction of sp³-hybridized carbons (Fsp3) is 0.360. The van der Waals surface area contributed by atoms with Gasteiger partial charge in [-0.25, -0.2) is 9.37 Å². The van der Waals surface area contributed by atoms with Crippen molar-refractivity contribution in [3.8, 4) is 22.8 Å². The zero-order valence-electron chi connectivity index (χ0n) is 17.9. The molecule has 0 unspecified atom stereocenters. The zero-order chi connectivity index (χ0) is 22.3. The van der Waals surface area contributed by atoms with Crippen LogP contribution in [0.1, 0.15) is 43.9 Å². The van der Waals surface area contributed by atoms with Gasteiger partial charge in [0.2, 0.25) is 5.88 Å². The minimum absolute atomic E-state index is 0.0843. The van der Waals surface area contributed by atoms with Crippen LogP contribution < -0.4 is 4.74 Å². The summed E-state index contributed by atoms with van der Waals surface area (Å²) in [6.45, 7) is 6.20. The Bertz CT molecular complexity index is 1150. The number of ether oxygens (including phenoxy) is 1. The van der Waals surface area contributed by atoms with Crippen molar-refractivity contribution < 1.29 is 24.1 Å². The van der Waals surface area contributed by atoms with E-state index in [0.717, 1.165) is 22.2 Å². The second-order valence-electron chi connectivity index (χ2n) is 8.71. The molecule has 2 aromatic carbocycles. The van der Waals surface area contributed by atoms with Gasteiger partial charge in [-0.2, -0.15) is 0 Å². The molecule has 162 valence electrons. The highest BCUT2D eigenvalue weighted by molar-refractivity contribution is 6.01. The number of hydrogen-bond donors (Lipinski definition) is 2. The third-order valence-corrected chi connectivity index (χ3v) is 6.02. The van der Waals surface area contributed by atoms with E-state index in [1.807, 2.05) is 26.0 Å². The normalized spacial score (nSPS) is 18.2. The number of halogens is 1. The Morgan fingerprint density at radius 2 is 1.94 bits per heavy atom. The lowest BCUT2D eigenvalue weighted by Crippen LogP contribution is -2.33. The predicted octanol–water partition coefficient (Wildman–Crippen LogP) is 5.67. The van der Waals surface area contributed by atoms with Crippen LogP contribution in [-0.4, -0.2) is 27.8 Å². The molecule has 0 amide bonds. The summed E-state index contributed by atoms with van der Waals surface area (Å²) < 4.78 is 19.9. The van der Waals surface area contributed by atoms with Crippen LogP contribution in [0.2, 0.25) is 0 Å². The number of hydrogen-bond acceptors (Lipinski definition) is 4. The molecule has 31 heavy (non-hydrogen) atoms. The molecule has 1 aliphatic carbocycles. The number of nitrogens with zero attached hydrogens (tertiary/aromatic N) is 1. The molecule has 0 saturated heterocycles. The van der Waals surface area contributed by atoms with E-state index < -0.39 is 5.97 Å². The molecule has 4 rings (SSSR count). The summed E-state index contributed by atoms with van der Waals surface area (Å²) in [5.41, 5.74) is 3.14. The number of carboxylic acids is 1. The Labute approximate surface area is 180 Å². The van der Waals surface area contributed by atoms with Crippen LogP contribution in [0.3, 0.4) is 0 Å². The van der Waals surface area contributed by atoms with Gasteiger partial charge in [0, 0.05) is 10.9 Å². The Morgan fingerprint density at radius 3 is 2.58 bits per heavy atom. The van der Waals surface area contributed by atoms with Gasteiger partial charge in [0.05, 0.1) is 18.2 Å². The number of phenols is 1. The molecule has 1 fully saturated rings. The maximum absolute atomic E-state index is 13.9. The maximum Gasteiger partial charge on any atom is 0.306 e. The highest BCUT2D eigenvalue weighted by Crippen LogP contribution is 2.41. The molecule has 0 aliphatic heterocycles. The first kappa shape index (κ1) is 21.1. The molecule has 1 heterocycles. The Kier molecular flexibility index (Phi) is 5.56. The summed E-state index contributed by atoms with van der Waals surface area (Å²) in [6, 6.07) is 10.1. The number of aryl methyl sites for hydroxylation is 1. The van der Waals surface area contributed by atoms with Crippen LogP contribution in [-0.2, 0) is 4.79 Å². The Morgan fingerprint density at radius 1 is 1.19 bits per heavy atom.